The van der Waals surface area contributed by atoms with Crippen LogP contribution in [-0.4, -0.2) is 25.7 Å². The Bertz CT molecular complexity index is 753. The first-order valence-electron chi connectivity index (χ1n) is 7.90. The van der Waals surface area contributed by atoms with E-state index in [1.807, 2.05) is 0 Å². The van der Waals surface area contributed by atoms with Crippen LogP contribution in [0.5, 0.6) is 11.5 Å². The summed E-state index contributed by atoms with van der Waals surface area (Å²) in [6.07, 6.45) is -5.19. The van der Waals surface area contributed by atoms with Crippen molar-refractivity contribution in [2.24, 2.45) is 4.99 Å². The van der Waals surface area contributed by atoms with Gasteiger partial charge in [-0.1, -0.05) is 30.3 Å². The summed E-state index contributed by atoms with van der Waals surface area (Å²) < 4.78 is 56.0. The van der Waals surface area contributed by atoms with Crippen molar-refractivity contribution < 1.29 is 22.3 Å². The highest BCUT2D eigenvalue weighted by molar-refractivity contribution is 14.0. The van der Waals surface area contributed by atoms with Crippen molar-refractivity contribution in [2.75, 3.05) is 13.6 Å². The van der Waals surface area contributed by atoms with E-state index < -0.39 is 18.4 Å². The second-order valence-electron chi connectivity index (χ2n) is 5.36. The average molecular weight is 497 g/mol. The van der Waals surface area contributed by atoms with E-state index >= 15 is 0 Å². The van der Waals surface area contributed by atoms with Gasteiger partial charge in [0.1, 0.15) is 5.75 Å². The van der Waals surface area contributed by atoms with Crippen LogP contribution in [0.1, 0.15) is 12.0 Å². The van der Waals surface area contributed by atoms with Gasteiger partial charge in [-0.25, -0.2) is 4.39 Å². The smallest absolute Gasteiger partial charge is 0.390 e. The molecule has 0 saturated carbocycles. The fraction of sp³-hybridized carbons (Fsp3) is 0.278. The van der Waals surface area contributed by atoms with Crippen LogP contribution >= 0.6 is 24.0 Å². The Morgan fingerprint density at radius 2 is 1.63 bits per heavy atom. The molecule has 0 aliphatic carbocycles. The molecule has 2 aromatic rings. The van der Waals surface area contributed by atoms with Crippen LogP contribution in [0, 0.1) is 5.82 Å². The number of benzene rings is 2. The van der Waals surface area contributed by atoms with Crippen LogP contribution in [0.25, 0.3) is 0 Å². The lowest BCUT2D eigenvalue weighted by molar-refractivity contribution is -0.132. The summed E-state index contributed by atoms with van der Waals surface area (Å²) in [7, 11) is 1.46. The molecule has 0 spiro atoms. The molecule has 0 atom stereocenters. The van der Waals surface area contributed by atoms with Gasteiger partial charge in [0, 0.05) is 25.7 Å². The number of alkyl halides is 3. The zero-order valence-corrected chi connectivity index (χ0v) is 16.8. The van der Waals surface area contributed by atoms with Gasteiger partial charge in [-0.05, 0) is 18.2 Å². The minimum atomic E-state index is -4.23. The summed E-state index contributed by atoms with van der Waals surface area (Å²) in [6.45, 7) is -0.0349. The monoisotopic (exact) mass is 497 g/mol. The molecule has 0 amide bonds. The molecule has 27 heavy (non-hydrogen) atoms. The highest BCUT2D eigenvalue weighted by Gasteiger charge is 2.26. The second-order valence-corrected chi connectivity index (χ2v) is 5.36. The van der Waals surface area contributed by atoms with Gasteiger partial charge < -0.3 is 15.4 Å². The number of halogens is 5. The summed E-state index contributed by atoms with van der Waals surface area (Å²) in [5.41, 5.74) is 0.703. The van der Waals surface area contributed by atoms with E-state index in [1.165, 1.54) is 19.2 Å². The maximum atomic E-state index is 13.7. The molecule has 4 nitrogen and oxygen atoms in total. The van der Waals surface area contributed by atoms with Crippen molar-refractivity contribution in [1.82, 2.24) is 10.6 Å². The second kappa shape index (κ2) is 11.0. The van der Waals surface area contributed by atoms with Gasteiger partial charge in [0.05, 0.1) is 6.42 Å². The van der Waals surface area contributed by atoms with E-state index in [2.05, 4.69) is 15.6 Å². The molecule has 0 saturated heterocycles. The normalized spacial score (nSPS) is 11.5. The Balaban J connectivity index is 0.00000364. The number of para-hydroxylation sites is 2. The molecule has 2 N–H and O–H groups in total. The largest absolute Gasteiger partial charge is 0.454 e. The van der Waals surface area contributed by atoms with E-state index in [-0.39, 0.29) is 48.8 Å². The quantitative estimate of drug-likeness (QED) is 0.260. The van der Waals surface area contributed by atoms with Crippen molar-refractivity contribution in [3.05, 3.63) is 59.9 Å². The molecule has 0 radical (unpaired) electrons. The van der Waals surface area contributed by atoms with Crippen molar-refractivity contribution in [3.8, 4) is 11.5 Å². The Hall–Kier alpha value is -2.04. The van der Waals surface area contributed by atoms with Crippen molar-refractivity contribution >= 4 is 29.9 Å². The summed E-state index contributed by atoms with van der Waals surface area (Å²) >= 11 is 0. The zero-order chi connectivity index (χ0) is 19.0. The van der Waals surface area contributed by atoms with Crippen LogP contribution < -0.4 is 15.4 Å². The Kier molecular flexibility index (Phi) is 9.33. The summed E-state index contributed by atoms with van der Waals surface area (Å²) in [4.78, 5) is 3.88. The zero-order valence-electron chi connectivity index (χ0n) is 14.5. The number of ether oxygens (including phenoxy) is 1. The minimum Gasteiger partial charge on any atom is -0.454 e. The van der Waals surface area contributed by atoms with Crippen LogP contribution in [0.4, 0.5) is 17.6 Å². The summed E-state index contributed by atoms with van der Waals surface area (Å²) in [5, 5.41) is 5.50. The van der Waals surface area contributed by atoms with Gasteiger partial charge in [0.15, 0.2) is 17.5 Å². The molecule has 0 bridgehead atoms. The maximum absolute atomic E-state index is 13.7. The fourth-order valence-electron chi connectivity index (χ4n) is 2.12. The van der Waals surface area contributed by atoms with Crippen molar-refractivity contribution in [2.45, 2.75) is 19.1 Å². The number of rotatable bonds is 6. The Labute approximate surface area is 172 Å². The number of nitrogens with one attached hydrogen (secondary N) is 2. The first-order chi connectivity index (χ1) is 12.4. The predicted octanol–water partition coefficient (Wildman–Crippen LogP) is 4.85. The van der Waals surface area contributed by atoms with Crippen molar-refractivity contribution in [3.63, 3.8) is 0 Å². The number of hydrogen-bond donors (Lipinski definition) is 2. The van der Waals surface area contributed by atoms with Gasteiger partial charge in [-0.15, -0.1) is 24.0 Å². The van der Waals surface area contributed by atoms with Gasteiger partial charge in [-0.3, -0.25) is 4.99 Å². The Morgan fingerprint density at radius 1 is 1.00 bits per heavy atom. The van der Waals surface area contributed by atoms with E-state index in [1.54, 1.807) is 36.4 Å². The highest BCUT2D eigenvalue weighted by Crippen LogP contribution is 2.27. The van der Waals surface area contributed by atoms with Crippen LogP contribution in [0.15, 0.2) is 53.5 Å². The molecule has 148 valence electrons. The lowest BCUT2D eigenvalue weighted by Gasteiger charge is -2.15. The number of aliphatic imine (C=N–C) groups is 1. The highest BCUT2D eigenvalue weighted by atomic mass is 127. The molecule has 0 aromatic heterocycles. The molecule has 9 heteroatoms. The van der Waals surface area contributed by atoms with Crippen LogP contribution in [0.2, 0.25) is 0 Å². The third-order valence-electron chi connectivity index (χ3n) is 3.40. The van der Waals surface area contributed by atoms with Gasteiger partial charge in [-0.2, -0.15) is 13.2 Å². The van der Waals surface area contributed by atoms with Crippen LogP contribution in [-0.2, 0) is 6.54 Å². The number of hydrogen-bond acceptors (Lipinski definition) is 2. The average Bonchev–Trinajstić information content (AvgIpc) is 2.60. The van der Waals surface area contributed by atoms with E-state index in [0.29, 0.717) is 11.3 Å². The molecular formula is C18H20F4IN3O. The third kappa shape index (κ3) is 8.02. The molecule has 0 aliphatic heterocycles. The van der Waals surface area contributed by atoms with Gasteiger partial charge in [0.2, 0.25) is 0 Å². The lowest BCUT2D eigenvalue weighted by atomic mass is 10.2. The predicted molar refractivity (Wildman–Crippen MR) is 107 cm³/mol. The van der Waals surface area contributed by atoms with E-state index in [9.17, 15) is 17.6 Å². The number of guanidine groups is 1. The SMILES string of the molecule is CN=C(NCCC(F)(F)F)NCc1ccccc1Oc1ccccc1F.I. The lowest BCUT2D eigenvalue weighted by Crippen LogP contribution is -2.38. The van der Waals surface area contributed by atoms with E-state index in [0.717, 1.165) is 0 Å². The van der Waals surface area contributed by atoms with Crippen LogP contribution in [0.3, 0.4) is 0 Å². The number of nitrogens with zero attached hydrogens (tertiary/aromatic N) is 1. The maximum Gasteiger partial charge on any atom is 0.390 e. The topological polar surface area (TPSA) is 45.7 Å². The molecule has 0 heterocycles. The molecule has 2 aromatic carbocycles. The Morgan fingerprint density at radius 3 is 2.26 bits per heavy atom. The standard InChI is InChI=1S/C18H19F4N3O.HI/c1-23-17(24-11-10-18(20,21)22)25-12-13-6-2-4-8-15(13)26-16-9-5-3-7-14(16)19;/h2-9H,10-12H2,1H3,(H2,23,24,25);1H. The van der Waals surface area contributed by atoms with E-state index in [4.69, 9.17) is 4.74 Å². The summed E-state index contributed by atoms with van der Waals surface area (Å²) in [5.74, 6) is 0.276. The van der Waals surface area contributed by atoms with Gasteiger partial charge in [0.25, 0.3) is 0 Å². The molecule has 0 fully saturated rings. The molecule has 0 unspecified atom stereocenters. The first kappa shape index (κ1) is 23.0. The third-order valence-corrected chi connectivity index (χ3v) is 3.40. The molecule has 0 aliphatic rings. The minimum absolute atomic E-state index is 0. The molecule has 2 rings (SSSR count). The van der Waals surface area contributed by atoms with Gasteiger partial charge >= 0.3 is 6.18 Å². The first-order valence-corrected chi connectivity index (χ1v) is 7.90. The molecular weight excluding hydrogens is 477 g/mol. The van der Waals surface area contributed by atoms with Crippen molar-refractivity contribution in [1.29, 1.82) is 0 Å². The fourth-order valence-corrected chi connectivity index (χ4v) is 2.12. The summed E-state index contributed by atoms with van der Waals surface area (Å²) in [6, 6.07) is 13.0.